The smallest absolute Gasteiger partial charge is 0.345 e. The molecule has 2 aliphatic rings. The van der Waals surface area contributed by atoms with E-state index in [9.17, 15) is 4.79 Å². The second kappa shape index (κ2) is 10.1. The summed E-state index contributed by atoms with van der Waals surface area (Å²) in [7, 11) is 0. The summed E-state index contributed by atoms with van der Waals surface area (Å²) in [6, 6.07) is 8.41. The van der Waals surface area contributed by atoms with Crippen LogP contribution in [0.25, 0.3) is 0 Å². The summed E-state index contributed by atoms with van der Waals surface area (Å²) in [4.78, 5) is 19.6. The molecule has 1 atom stereocenters. The third-order valence-electron chi connectivity index (χ3n) is 6.06. The fourth-order valence-corrected chi connectivity index (χ4v) is 4.40. The Kier molecular flexibility index (Phi) is 7.06. The summed E-state index contributed by atoms with van der Waals surface area (Å²) >= 11 is 0. The number of hydrogen-bond donors (Lipinski definition) is 1. The molecule has 8 nitrogen and oxygen atoms in total. The lowest BCUT2D eigenvalue weighted by atomic mass is 10.0. The number of morpholine rings is 1. The van der Waals surface area contributed by atoms with Crippen molar-refractivity contribution >= 4 is 5.96 Å². The van der Waals surface area contributed by atoms with Crippen molar-refractivity contribution in [3.05, 3.63) is 51.7 Å². The first-order chi connectivity index (χ1) is 15.2. The average Bonchev–Trinajstić information content (AvgIpc) is 3.12. The highest BCUT2D eigenvalue weighted by atomic mass is 16.5. The van der Waals surface area contributed by atoms with Gasteiger partial charge in [0.05, 0.1) is 13.2 Å². The molecule has 1 unspecified atom stereocenters. The van der Waals surface area contributed by atoms with Gasteiger partial charge < -0.3 is 15.0 Å². The van der Waals surface area contributed by atoms with Crippen LogP contribution in [0.1, 0.15) is 49.2 Å². The summed E-state index contributed by atoms with van der Waals surface area (Å²) in [5.41, 5.74) is 2.52. The summed E-state index contributed by atoms with van der Waals surface area (Å²) in [5, 5.41) is 7.94. The van der Waals surface area contributed by atoms with Crippen LogP contribution in [0.5, 0.6) is 0 Å². The van der Waals surface area contributed by atoms with E-state index in [0.717, 1.165) is 63.6 Å². The Labute approximate surface area is 183 Å². The van der Waals surface area contributed by atoms with Crippen LogP contribution >= 0.6 is 0 Å². The van der Waals surface area contributed by atoms with Crippen LogP contribution in [0.3, 0.4) is 0 Å². The Morgan fingerprint density at radius 3 is 2.97 bits per heavy atom. The van der Waals surface area contributed by atoms with Crippen LogP contribution in [0.2, 0.25) is 0 Å². The molecule has 1 N–H and O–H groups in total. The van der Waals surface area contributed by atoms with E-state index in [1.807, 2.05) is 4.57 Å². The number of benzene rings is 1. The van der Waals surface area contributed by atoms with Crippen LogP contribution < -0.4 is 11.0 Å². The van der Waals surface area contributed by atoms with Crippen molar-refractivity contribution in [1.82, 2.24) is 24.6 Å². The van der Waals surface area contributed by atoms with Crippen molar-refractivity contribution in [2.75, 3.05) is 32.8 Å². The summed E-state index contributed by atoms with van der Waals surface area (Å²) < 4.78 is 9.51. The van der Waals surface area contributed by atoms with Gasteiger partial charge in [0.25, 0.3) is 0 Å². The Hall–Kier alpha value is -2.61. The first-order valence-corrected chi connectivity index (χ1v) is 11.5. The van der Waals surface area contributed by atoms with E-state index in [0.29, 0.717) is 19.7 Å². The van der Waals surface area contributed by atoms with E-state index in [4.69, 9.17) is 9.73 Å². The molecule has 2 aliphatic heterocycles. The van der Waals surface area contributed by atoms with Crippen molar-refractivity contribution in [3.8, 4) is 0 Å². The molecule has 168 valence electrons. The minimum Gasteiger partial charge on any atom is -0.370 e. The lowest BCUT2D eigenvalue weighted by Crippen LogP contribution is -2.48. The third-order valence-corrected chi connectivity index (χ3v) is 6.06. The number of nitrogens with one attached hydrogen (secondary N) is 1. The molecule has 1 saturated heterocycles. The maximum absolute atomic E-state index is 12.5. The number of aryl methyl sites for hydroxylation is 3. The number of fused-ring (bicyclic) bond motifs is 1. The molecule has 8 heteroatoms. The maximum atomic E-state index is 12.5. The van der Waals surface area contributed by atoms with Crippen LogP contribution in [0, 0.1) is 6.92 Å². The predicted molar refractivity (Wildman–Crippen MR) is 121 cm³/mol. The zero-order chi connectivity index (χ0) is 21.6. The summed E-state index contributed by atoms with van der Waals surface area (Å²) in [6.45, 7) is 9.38. The van der Waals surface area contributed by atoms with Crippen molar-refractivity contribution < 1.29 is 4.74 Å². The quantitative estimate of drug-likeness (QED) is 0.435. The van der Waals surface area contributed by atoms with E-state index in [1.165, 1.54) is 11.1 Å². The van der Waals surface area contributed by atoms with Crippen LogP contribution in [-0.2, 0) is 24.2 Å². The maximum Gasteiger partial charge on any atom is 0.345 e. The first kappa shape index (κ1) is 21.6. The molecule has 0 spiro atoms. The summed E-state index contributed by atoms with van der Waals surface area (Å²) in [5.74, 6) is 1.85. The van der Waals surface area contributed by atoms with E-state index in [-0.39, 0.29) is 11.8 Å². The van der Waals surface area contributed by atoms with Gasteiger partial charge in [-0.05, 0) is 44.2 Å². The molecule has 1 aromatic carbocycles. The van der Waals surface area contributed by atoms with Crippen LogP contribution in [-0.4, -0.2) is 58.0 Å². The number of nitrogens with zero attached hydrogens (tertiary/aromatic N) is 5. The minimum atomic E-state index is 0.0276. The van der Waals surface area contributed by atoms with Gasteiger partial charge in [-0.15, -0.1) is 0 Å². The van der Waals surface area contributed by atoms with Gasteiger partial charge in [-0.3, -0.25) is 9.56 Å². The molecule has 0 aliphatic carbocycles. The highest BCUT2D eigenvalue weighted by Gasteiger charge is 2.25. The van der Waals surface area contributed by atoms with E-state index >= 15 is 0 Å². The van der Waals surface area contributed by atoms with Gasteiger partial charge in [0.15, 0.2) is 5.96 Å². The Balaban J connectivity index is 1.37. The fourth-order valence-electron chi connectivity index (χ4n) is 4.40. The number of ether oxygens (including phenoxy) is 1. The zero-order valence-electron chi connectivity index (χ0n) is 18.7. The SMILES string of the molecule is CCNC(=NCCCn1nc2n(c1=O)CCCC2)N1CCOC(c2ccccc2C)C1. The topological polar surface area (TPSA) is 76.7 Å². The fraction of sp³-hybridized carbons (Fsp3) is 0.609. The molecule has 31 heavy (non-hydrogen) atoms. The number of aromatic nitrogens is 3. The molecule has 1 aromatic heterocycles. The van der Waals surface area contributed by atoms with Gasteiger partial charge in [-0.25, -0.2) is 9.48 Å². The molecule has 0 amide bonds. The molecule has 0 radical (unpaired) electrons. The van der Waals surface area contributed by atoms with Crippen molar-refractivity contribution in [2.24, 2.45) is 4.99 Å². The highest BCUT2D eigenvalue weighted by molar-refractivity contribution is 5.80. The van der Waals surface area contributed by atoms with Crippen molar-refractivity contribution in [2.45, 2.75) is 58.7 Å². The van der Waals surface area contributed by atoms with Crippen LogP contribution in [0.15, 0.2) is 34.1 Å². The van der Waals surface area contributed by atoms with E-state index in [1.54, 1.807) is 4.68 Å². The van der Waals surface area contributed by atoms with Gasteiger partial charge >= 0.3 is 5.69 Å². The van der Waals surface area contributed by atoms with E-state index < -0.39 is 0 Å². The Morgan fingerprint density at radius 1 is 1.29 bits per heavy atom. The average molecular weight is 427 g/mol. The second-order valence-electron chi connectivity index (χ2n) is 8.28. The Bertz CT molecular complexity index is 963. The number of aliphatic imine (C=N–C) groups is 1. The highest BCUT2D eigenvalue weighted by Crippen LogP contribution is 2.25. The Morgan fingerprint density at radius 2 is 2.16 bits per heavy atom. The molecular formula is C23H34N6O2. The van der Waals surface area contributed by atoms with Crippen molar-refractivity contribution in [3.63, 3.8) is 0 Å². The predicted octanol–water partition coefficient (Wildman–Crippen LogP) is 2.12. The third kappa shape index (κ3) is 5.01. The number of guanidine groups is 1. The van der Waals surface area contributed by atoms with Crippen LogP contribution in [0.4, 0.5) is 0 Å². The lowest BCUT2D eigenvalue weighted by molar-refractivity contribution is -0.00832. The second-order valence-corrected chi connectivity index (χ2v) is 8.28. The minimum absolute atomic E-state index is 0.0276. The van der Waals surface area contributed by atoms with Gasteiger partial charge in [0.1, 0.15) is 11.9 Å². The van der Waals surface area contributed by atoms with Gasteiger partial charge in [0, 0.05) is 39.1 Å². The standard InChI is InChI=1S/C23H34N6O2/c1-3-24-22(27-15-16-31-20(17-27)19-10-5-4-9-18(19)2)25-12-8-14-29-23(30)28-13-7-6-11-21(28)26-29/h4-5,9-10,20H,3,6-8,11-17H2,1-2H3,(H,24,25). The lowest BCUT2D eigenvalue weighted by Gasteiger charge is -2.35. The van der Waals surface area contributed by atoms with E-state index in [2.05, 4.69) is 53.4 Å². The molecular weight excluding hydrogens is 392 g/mol. The largest absolute Gasteiger partial charge is 0.370 e. The molecule has 0 bridgehead atoms. The summed E-state index contributed by atoms with van der Waals surface area (Å²) in [6.07, 6.45) is 3.93. The number of rotatable bonds is 6. The first-order valence-electron chi connectivity index (χ1n) is 11.5. The molecule has 4 rings (SSSR count). The van der Waals surface area contributed by atoms with Gasteiger partial charge in [0.2, 0.25) is 0 Å². The molecule has 0 saturated carbocycles. The van der Waals surface area contributed by atoms with Crippen molar-refractivity contribution in [1.29, 1.82) is 0 Å². The molecule has 3 heterocycles. The molecule has 2 aromatic rings. The van der Waals surface area contributed by atoms with Gasteiger partial charge in [-0.2, -0.15) is 5.10 Å². The zero-order valence-corrected chi connectivity index (χ0v) is 18.7. The molecule has 1 fully saturated rings. The van der Waals surface area contributed by atoms with Gasteiger partial charge in [-0.1, -0.05) is 24.3 Å². The monoisotopic (exact) mass is 426 g/mol. The number of hydrogen-bond acceptors (Lipinski definition) is 4. The normalized spacial score (nSPS) is 19.4.